The number of carbonyl (C=O) groups excluding carboxylic acids is 1. The molecule has 1 aromatic heterocycles. The number of hydrogen-bond acceptors (Lipinski definition) is 2. The first-order chi connectivity index (χ1) is 8.09. The molecule has 0 fully saturated rings. The molecular formula is C12H9BrFNO2. The van der Waals surface area contributed by atoms with E-state index in [2.05, 4.69) is 21.2 Å². The molecule has 5 heteroatoms. The molecule has 2 aromatic rings. The first-order valence-corrected chi connectivity index (χ1v) is 5.68. The third-order valence-corrected chi connectivity index (χ3v) is 2.99. The fraction of sp³-hybridized carbons (Fsp3) is 0.0833. The lowest BCUT2D eigenvalue weighted by Gasteiger charge is -2.07. The van der Waals surface area contributed by atoms with Crippen LogP contribution in [-0.4, -0.2) is 5.91 Å². The van der Waals surface area contributed by atoms with Crippen molar-refractivity contribution in [1.29, 1.82) is 0 Å². The van der Waals surface area contributed by atoms with E-state index < -0.39 is 0 Å². The highest BCUT2D eigenvalue weighted by atomic mass is 79.9. The summed E-state index contributed by atoms with van der Waals surface area (Å²) >= 11 is 3.11. The number of rotatable bonds is 2. The summed E-state index contributed by atoms with van der Waals surface area (Å²) < 4.78 is 18.6. The zero-order valence-corrected chi connectivity index (χ0v) is 10.5. The number of benzene rings is 1. The minimum atomic E-state index is -0.353. The average molecular weight is 298 g/mol. The van der Waals surface area contributed by atoms with Gasteiger partial charge >= 0.3 is 0 Å². The Bertz CT molecular complexity index is 565. The van der Waals surface area contributed by atoms with Crippen molar-refractivity contribution in [3.8, 4) is 0 Å². The highest BCUT2D eigenvalue weighted by Gasteiger charge is 2.14. The maximum atomic E-state index is 13.3. The van der Waals surface area contributed by atoms with E-state index in [9.17, 15) is 9.18 Å². The van der Waals surface area contributed by atoms with Crippen molar-refractivity contribution < 1.29 is 13.6 Å². The van der Waals surface area contributed by atoms with E-state index in [0.29, 0.717) is 21.5 Å². The van der Waals surface area contributed by atoms with Crippen molar-refractivity contribution in [2.75, 3.05) is 5.32 Å². The molecule has 0 atom stereocenters. The van der Waals surface area contributed by atoms with Crippen LogP contribution in [0, 0.1) is 12.7 Å². The van der Waals surface area contributed by atoms with Gasteiger partial charge < -0.3 is 9.73 Å². The van der Waals surface area contributed by atoms with Gasteiger partial charge in [0, 0.05) is 11.3 Å². The van der Waals surface area contributed by atoms with Crippen LogP contribution in [0.4, 0.5) is 10.1 Å². The second-order valence-electron chi connectivity index (χ2n) is 3.47. The van der Waals surface area contributed by atoms with Crippen molar-refractivity contribution in [1.82, 2.24) is 0 Å². The van der Waals surface area contributed by atoms with E-state index in [1.54, 1.807) is 19.1 Å². The Labute approximate surface area is 106 Å². The first kappa shape index (κ1) is 11.9. The standard InChI is InChI=1S/C12H9BrFNO2/c1-7-9(14)3-2-4-10(7)15-12(16)8-5-6-17-11(8)13/h2-6H,1H3,(H,15,16). The smallest absolute Gasteiger partial charge is 0.260 e. The Morgan fingerprint density at radius 2 is 2.18 bits per heavy atom. The molecule has 0 aliphatic heterocycles. The van der Waals surface area contributed by atoms with E-state index in [4.69, 9.17) is 4.42 Å². The summed E-state index contributed by atoms with van der Waals surface area (Å²) in [5.74, 6) is -0.701. The normalized spacial score (nSPS) is 10.3. The zero-order valence-electron chi connectivity index (χ0n) is 8.96. The summed E-state index contributed by atoms with van der Waals surface area (Å²) in [6, 6.07) is 6.07. The minimum Gasteiger partial charge on any atom is -0.457 e. The number of carbonyl (C=O) groups is 1. The van der Waals surface area contributed by atoms with Crippen molar-refractivity contribution in [3.05, 3.63) is 52.1 Å². The van der Waals surface area contributed by atoms with E-state index >= 15 is 0 Å². The average Bonchev–Trinajstić information content (AvgIpc) is 2.71. The van der Waals surface area contributed by atoms with E-state index in [1.165, 1.54) is 18.4 Å². The molecule has 1 N–H and O–H groups in total. The van der Waals surface area contributed by atoms with Gasteiger partial charge in [-0.15, -0.1) is 0 Å². The fourth-order valence-electron chi connectivity index (χ4n) is 1.39. The molecular weight excluding hydrogens is 289 g/mol. The number of furan rings is 1. The summed E-state index contributed by atoms with van der Waals surface area (Å²) in [6.07, 6.45) is 1.40. The third-order valence-electron chi connectivity index (χ3n) is 2.38. The molecule has 0 aliphatic carbocycles. The molecule has 2 rings (SSSR count). The van der Waals surface area contributed by atoms with Crippen LogP contribution in [0.1, 0.15) is 15.9 Å². The molecule has 1 amide bonds. The Morgan fingerprint density at radius 3 is 2.82 bits per heavy atom. The van der Waals surface area contributed by atoms with Gasteiger partial charge in [0.05, 0.1) is 11.8 Å². The van der Waals surface area contributed by atoms with Gasteiger partial charge in [-0.05, 0) is 41.1 Å². The molecule has 0 bridgehead atoms. The number of hydrogen-bond donors (Lipinski definition) is 1. The predicted molar refractivity (Wildman–Crippen MR) is 65.5 cm³/mol. The second-order valence-corrected chi connectivity index (χ2v) is 4.19. The maximum absolute atomic E-state index is 13.3. The first-order valence-electron chi connectivity index (χ1n) is 4.89. The van der Waals surface area contributed by atoms with Crippen LogP contribution < -0.4 is 5.32 Å². The molecule has 3 nitrogen and oxygen atoms in total. The number of anilines is 1. The van der Waals surface area contributed by atoms with Gasteiger partial charge in [0.2, 0.25) is 0 Å². The van der Waals surface area contributed by atoms with E-state index in [0.717, 1.165) is 0 Å². The highest BCUT2D eigenvalue weighted by Crippen LogP contribution is 2.21. The van der Waals surface area contributed by atoms with Crippen LogP contribution in [0.25, 0.3) is 0 Å². The van der Waals surface area contributed by atoms with Crippen molar-refractivity contribution >= 4 is 27.5 Å². The minimum absolute atomic E-state index is 0.348. The summed E-state index contributed by atoms with van der Waals surface area (Å²) in [5, 5.41) is 2.63. The van der Waals surface area contributed by atoms with Gasteiger partial charge in [-0.2, -0.15) is 0 Å². The van der Waals surface area contributed by atoms with Gasteiger partial charge in [-0.1, -0.05) is 6.07 Å². The van der Waals surface area contributed by atoms with Gasteiger partial charge in [0.1, 0.15) is 5.82 Å². The molecule has 0 saturated carbocycles. The molecule has 0 aliphatic rings. The van der Waals surface area contributed by atoms with E-state index in [-0.39, 0.29) is 11.7 Å². The largest absolute Gasteiger partial charge is 0.457 e. The monoisotopic (exact) mass is 297 g/mol. The quantitative estimate of drug-likeness (QED) is 0.917. The molecule has 0 unspecified atom stereocenters. The van der Waals surface area contributed by atoms with Crippen LogP contribution in [0.2, 0.25) is 0 Å². The summed E-state index contributed by atoms with van der Waals surface area (Å²) in [7, 11) is 0. The van der Waals surface area contributed by atoms with Crippen LogP contribution in [0.5, 0.6) is 0 Å². The zero-order chi connectivity index (χ0) is 12.4. The fourth-order valence-corrected chi connectivity index (χ4v) is 1.81. The molecule has 1 aromatic carbocycles. The SMILES string of the molecule is Cc1c(F)cccc1NC(=O)c1ccoc1Br. The van der Waals surface area contributed by atoms with Crippen LogP contribution in [0.3, 0.4) is 0 Å². The Morgan fingerprint density at radius 1 is 1.41 bits per heavy atom. The van der Waals surface area contributed by atoms with Crippen molar-refractivity contribution in [2.45, 2.75) is 6.92 Å². The van der Waals surface area contributed by atoms with Gasteiger partial charge in [-0.3, -0.25) is 4.79 Å². The number of nitrogens with one attached hydrogen (secondary N) is 1. The molecule has 1 heterocycles. The lowest BCUT2D eigenvalue weighted by atomic mass is 10.2. The summed E-state index contributed by atoms with van der Waals surface area (Å²) in [4.78, 5) is 11.8. The van der Waals surface area contributed by atoms with Crippen LogP contribution in [-0.2, 0) is 0 Å². The number of amides is 1. The van der Waals surface area contributed by atoms with Gasteiger partial charge in [0.25, 0.3) is 5.91 Å². The Hall–Kier alpha value is -1.62. The summed E-state index contributed by atoms with van der Waals surface area (Å²) in [5.41, 5.74) is 1.22. The topological polar surface area (TPSA) is 42.2 Å². The van der Waals surface area contributed by atoms with Crippen LogP contribution in [0.15, 0.2) is 39.6 Å². The van der Waals surface area contributed by atoms with Gasteiger partial charge in [0.15, 0.2) is 4.67 Å². The Balaban J connectivity index is 2.25. The predicted octanol–water partition coefficient (Wildman–Crippen LogP) is 3.74. The number of halogens is 2. The molecule has 88 valence electrons. The Kier molecular flexibility index (Phi) is 3.28. The van der Waals surface area contributed by atoms with Crippen molar-refractivity contribution in [2.24, 2.45) is 0 Å². The van der Waals surface area contributed by atoms with Crippen LogP contribution >= 0.6 is 15.9 Å². The molecule has 0 saturated heterocycles. The molecule has 0 spiro atoms. The molecule has 17 heavy (non-hydrogen) atoms. The highest BCUT2D eigenvalue weighted by molar-refractivity contribution is 9.10. The third kappa shape index (κ3) is 2.39. The van der Waals surface area contributed by atoms with Gasteiger partial charge in [-0.25, -0.2) is 4.39 Å². The van der Waals surface area contributed by atoms with Crippen molar-refractivity contribution in [3.63, 3.8) is 0 Å². The maximum Gasteiger partial charge on any atom is 0.260 e. The molecule has 0 radical (unpaired) electrons. The lowest BCUT2D eigenvalue weighted by Crippen LogP contribution is -2.12. The second kappa shape index (κ2) is 4.71. The summed E-state index contributed by atoms with van der Waals surface area (Å²) in [6.45, 7) is 1.61. The lowest BCUT2D eigenvalue weighted by molar-refractivity contribution is 0.102. The van der Waals surface area contributed by atoms with E-state index in [1.807, 2.05) is 0 Å².